The molecule has 0 saturated carbocycles. The van der Waals surface area contributed by atoms with Crippen LogP contribution in [0.5, 0.6) is 0 Å². The summed E-state index contributed by atoms with van der Waals surface area (Å²) in [4.78, 5) is 0. The summed E-state index contributed by atoms with van der Waals surface area (Å²) in [6.07, 6.45) is 7.14. The molecule has 0 aromatic carbocycles. The molecule has 0 radical (unpaired) electrons. The van der Waals surface area contributed by atoms with Crippen molar-refractivity contribution in [3.05, 3.63) is 0 Å². The van der Waals surface area contributed by atoms with Crippen molar-refractivity contribution < 1.29 is 14.2 Å². The van der Waals surface area contributed by atoms with Crippen LogP contribution in [0.25, 0.3) is 0 Å². The lowest BCUT2D eigenvalue weighted by molar-refractivity contribution is 0.0132. The number of hydrogen-bond acceptors (Lipinski definition) is 4. The van der Waals surface area contributed by atoms with Crippen molar-refractivity contribution in [3.8, 4) is 0 Å². The van der Waals surface area contributed by atoms with Crippen LogP contribution >= 0.6 is 0 Å². The summed E-state index contributed by atoms with van der Waals surface area (Å²) in [5, 5.41) is 3.53. The standard InChI is InChI=1S/C17H37NO3/c1-4-7-11-19-13-15-21-16-14-20-12-8-10-17(9-5-2)18-6-3/h17-18H,4-16H2,1-3H3. The molecule has 1 unspecified atom stereocenters. The number of rotatable bonds is 17. The first-order chi connectivity index (χ1) is 10.3. The third-order valence-electron chi connectivity index (χ3n) is 3.36. The molecule has 0 aromatic rings. The SMILES string of the molecule is CCCCOCCOCCOCCCC(CCC)NCC. The fraction of sp³-hybridized carbons (Fsp3) is 1.00. The van der Waals surface area contributed by atoms with Gasteiger partial charge < -0.3 is 19.5 Å². The van der Waals surface area contributed by atoms with Crippen molar-refractivity contribution in [2.24, 2.45) is 0 Å². The van der Waals surface area contributed by atoms with E-state index in [1.807, 2.05) is 0 Å². The van der Waals surface area contributed by atoms with Crippen molar-refractivity contribution in [2.45, 2.75) is 65.3 Å². The maximum atomic E-state index is 5.59. The molecule has 0 heterocycles. The third kappa shape index (κ3) is 16.0. The lowest BCUT2D eigenvalue weighted by Crippen LogP contribution is -2.28. The Labute approximate surface area is 131 Å². The Bertz CT molecular complexity index is 185. The molecule has 21 heavy (non-hydrogen) atoms. The Morgan fingerprint density at radius 2 is 1.24 bits per heavy atom. The predicted molar refractivity (Wildman–Crippen MR) is 89.0 cm³/mol. The fourth-order valence-corrected chi connectivity index (χ4v) is 2.21. The number of hydrogen-bond donors (Lipinski definition) is 1. The molecule has 0 bridgehead atoms. The highest BCUT2D eigenvalue weighted by atomic mass is 16.5. The molecule has 0 fully saturated rings. The summed E-state index contributed by atoms with van der Waals surface area (Å²) in [6, 6.07) is 0.653. The van der Waals surface area contributed by atoms with Gasteiger partial charge in [0.15, 0.2) is 0 Å². The van der Waals surface area contributed by atoms with E-state index < -0.39 is 0 Å². The van der Waals surface area contributed by atoms with Gasteiger partial charge in [-0.25, -0.2) is 0 Å². The van der Waals surface area contributed by atoms with E-state index in [2.05, 4.69) is 26.1 Å². The van der Waals surface area contributed by atoms with Crippen LogP contribution in [0.2, 0.25) is 0 Å². The average Bonchev–Trinajstić information content (AvgIpc) is 2.48. The van der Waals surface area contributed by atoms with Gasteiger partial charge in [-0.05, 0) is 32.2 Å². The molecule has 0 aromatic heterocycles. The van der Waals surface area contributed by atoms with Gasteiger partial charge in [0.2, 0.25) is 0 Å². The van der Waals surface area contributed by atoms with Crippen LogP contribution in [-0.4, -0.2) is 52.2 Å². The van der Waals surface area contributed by atoms with E-state index in [0.717, 1.165) is 32.6 Å². The topological polar surface area (TPSA) is 39.7 Å². The smallest absolute Gasteiger partial charge is 0.0701 e. The monoisotopic (exact) mass is 303 g/mol. The molecule has 0 rings (SSSR count). The lowest BCUT2D eigenvalue weighted by atomic mass is 10.1. The van der Waals surface area contributed by atoms with Gasteiger partial charge in [0.25, 0.3) is 0 Å². The molecule has 0 aliphatic carbocycles. The van der Waals surface area contributed by atoms with Crippen LogP contribution < -0.4 is 5.32 Å². The van der Waals surface area contributed by atoms with Crippen molar-refractivity contribution in [1.29, 1.82) is 0 Å². The summed E-state index contributed by atoms with van der Waals surface area (Å²) in [5.41, 5.74) is 0. The molecule has 4 nitrogen and oxygen atoms in total. The summed E-state index contributed by atoms with van der Waals surface area (Å²) in [7, 11) is 0. The summed E-state index contributed by atoms with van der Waals surface area (Å²) in [6.45, 7) is 12.0. The van der Waals surface area contributed by atoms with E-state index in [0.29, 0.717) is 32.5 Å². The predicted octanol–water partition coefficient (Wildman–Crippen LogP) is 3.39. The lowest BCUT2D eigenvalue weighted by Gasteiger charge is -2.16. The second-order valence-corrected chi connectivity index (χ2v) is 5.38. The Morgan fingerprint density at radius 3 is 1.76 bits per heavy atom. The highest BCUT2D eigenvalue weighted by Crippen LogP contribution is 2.04. The van der Waals surface area contributed by atoms with Crippen LogP contribution in [0.3, 0.4) is 0 Å². The molecule has 1 N–H and O–H groups in total. The van der Waals surface area contributed by atoms with Gasteiger partial charge in [-0.2, -0.15) is 0 Å². The van der Waals surface area contributed by atoms with Crippen LogP contribution in [0, 0.1) is 0 Å². The Kier molecular flexibility index (Phi) is 17.8. The maximum Gasteiger partial charge on any atom is 0.0701 e. The number of nitrogens with one attached hydrogen (secondary N) is 1. The molecule has 0 aliphatic heterocycles. The minimum Gasteiger partial charge on any atom is -0.379 e. The summed E-state index contributed by atoms with van der Waals surface area (Å²) < 4.78 is 16.5. The van der Waals surface area contributed by atoms with Gasteiger partial charge in [-0.15, -0.1) is 0 Å². The van der Waals surface area contributed by atoms with Crippen molar-refractivity contribution >= 4 is 0 Å². The molecule has 1 atom stereocenters. The molecule has 0 spiro atoms. The number of ether oxygens (including phenoxy) is 3. The third-order valence-corrected chi connectivity index (χ3v) is 3.36. The molecule has 4 heteroatoms. The first-order valence-corrected chi connectivity index (χ1v) is 8.81. The van der Waals surface area contributed by atoms with Gasteiger partial charge >= 0.3 is 0 Å². The minimum absolute atomic E-state index is 0.653. The van der Waals surface area contributed by atoms with Crippen LogP contribution in [0.15, 0.2) is 0 Å². The molecular formula is C17H37NO3. The number of unbranched alkanes of at least 4 members (excludes halogenated alkanes) is 1. The van der Waals surface area contributed by atoms with E-state index in [9.17, 15) is 0 Å². The zero-order valence-electron chi connectivity index (χ0n) is 14.5. The van der Waals surface area contributed by atoms with Gasteiger partial charge in [-0.3, -0.25) is 0 Å². The van der Waals surface area contributed by atoms with E-state index in [-0.39, 0.29) is 0 Å². The van der Waals surface area contributed by atoms with E-state index >= 15 is 0 Å². The average molecular weight is 303 g/mol. The largest absolute Gasteiger partial charge is 0.379 e. The molecule has 0 amide bonds. The van der Waals surface area contributed by atoms with Crippen molar-refractivity contribution in [2.75, 3.05) is 46.2 Å². The Hall–Kier alpha value is -0.160. The molecule has 128 valence electrons. The van der Waals surface area contributed by atoms with Crippen LogP contribution in [-0.2, 0) is 14.2 Å². The molecule has 0 aliphatic rings. The normalized spacial score (nSPS) is 12.7. The first-order valence-electron chi connectivity index (χ1n) is 8.81. The summed E-state index contributed by atoms with van der Waals surface area (Å²) in [5.74, 6) is 0. The quantitative estimate of drug-likeness (QED) is 0.418. The van der Waals surface area contributed by atoms with Crippen molar-refractivity contribution in [1.82, 2.24) is 5.32 Å². The van der Waals surface area contributed by atoms with Gasteiger partial charge in [0, 0.05) is 19.3 Å². The molecule has 0 saturated heterocycles. The minimum atomic E-state index is 0.653. The van der Waals surface area contributed by atoms with E-state index in [4.69, 9.17) is 14.2 Å². The molecular weight excluding hydrogens is 266 g/mol. The fourth-order valence-electron chi connectivity index (χ4n) is 2.21. The maximum absolute atomic E-state index is 5.59. The van der Waals surface area contributed by atoms with E-state index in [1.165, 1.54) is 25.7 Å². The second kappa shape index (κ2) is 17.9. The van der Waals surface area contributed by atoms with E-state index in [1.54, 1.807) is 0 Å². The zero-order valence-corrected chi connectivity index (χ0v) is 14.5. The Morgan fingerprint density at radius 1 is 0.667 bits per heavy atom. The van der Waals surface area contributed by atoms with Crippen LogP contribution in [0.4, 0.5) is 0 Å². The van der Waals surface area contributed by atoms with Gasteiger partial charge in [0.05, 0.1) is 26.4 Å². The van der Waals surface area contributed by atoms with Gasteiger partial charge in [0.1, 0.15) is 0 Å². The second-order valence-electron chi connectivity index (χ2n) is 5.38. The summed E-state index contributed by atoms with van der Waals surface area (Å²) >= 11 is 0. The highest BCUT2D eigenvalue weighted by Gasteiger charge is 2.04. The zero-order chi connectivity index (χ0) is 15.6. The first kappa shape index (κ1) is 20.8. The van der Waals surface area contributed by atoms with Gasteiger partial charge in [-0.1, -0.05) is 33.6 Å². The Balaban J connectivity index is 3.17. The highest BCUT2D eigenvalue weighted by molar-refractivity contribution is 4.64. The van der Waals surface area contributed by atoms with Crippen LogP contribution in [0.1, 0.15) is 59.3 Å². The van der Waals surface area contributed by atoms with Crippen molar-refractivity contribution in [3.63, 3.8) is 0 Å².